The number of primary amides is 1. The number of alkyl halides is 2. The number of rotatable bonds is 1. The molecule has 1 amide bonds. The van der Waals surface area contributed by atoms with Crippen LogP contribution in [0, 0.1) is 0 Å². The maximum Gasteiger partial charge on any atom is 0.262 e. The summed E-state index contributed by atoms with van der Waals surface area (Å²) in [7, 11) is 0. The van der Waals surface area contributed by atoms with Crippen LogP contribution < -0.4 is 5.73 Å². The van der Waals surface area contributed by atoms with Gasteiger partial charge in [0.15, 0.2) is 0 Å². The zero-order valence-electron chi connectivity index (χ0n) is 8.68. The van der Waals surface area contributed by atoms with Crippen LogP contribution >= 0.6 is 0 Å². The van der Waals surface area contributed by atoms with Gasteiger partial charge < -0.3 is 5.73 Å². The minimum Gasteiger partial charge on any atom is -0.368 e. The van der Waals surface area contributed by atoms with Crippen molar-refractivity contribution in [3.8, 4) is 0 Å². The van der Waals surface area contributed by atoms with Crippen molar-refractivity contribution in [1.29, 1.82) is 0 Å². The Kier molecular flexibility index (Phi) is 2.56. The zero-order valence-corrected chi connectivity index (χ0v) is 8.68. The third-order valence-corrected chi connectivity index (χ3v) is 2.46. The van der Waals surface area contributed by atoms with Crippen molar-refractivity contribution in [2.24, 2.45) is 5.73 Å². The van der Waals surface area contributed by atoms with Crippen molar-refractivity contribution in [1.82, 2.24) is 4.90 Å². The Morgan fingerprint density at radius 3 is 2.29 bits per heavy atom. The predicted molar refractivity (Wildman–Crippen MR) is 49.0 cm³/mol. The van der Waals surface area contributed by atoms with Gasteiger partial charge in [-0.3, -0.25) is 9.69 Å². The number of hydrogen-bond donors (Lipinski definition) is 1. The molecule has 0 bridgehead atoms. The average Bonchev–Trinajstić information content (AvgIpc) is 2.24. The highest BCUT2D eigenvalue weighted by atomic mass is 19.3. The normalized spacial score (nSPS) is 27.9. The number of halogens is 2. The molecule has 1 fully saturated rings. The number of nitrogens with zero attached hydrogens (tertiary/aromatic N) is 1. The van der Waals surface area contributed by atoms with Gasteiger partial charge in [0.05, 0.1) is 12.6 Å². The standard InChI is InChI=1S/C9H16F2N2O/c1-8(2,3)13-5-9(10,11)4-6(13)7(12)14/h6H,4-5H2,1-3H3,(H2,12,14)/t6-/m1/s1. The summed E-state index contributed by atoms with van der Waals surface area (Å²) in [5.41, 5.74) is 4.63. The summed E-state index contributed by atoms with van der Waals surface area (Å²) < 4.78 is 26.2. The van der Waals surface area contributed by atoms with E-state index in [2.05, 4.69) is 0 Å². The minimum absolute atomic E-state index is 0.385. The van der Waals surface area contributed by atoms with E-state index in [1.54, 1.807) is 20.8 Å². The Bertz CT molecular complexity index is 248. The van der Waals surface area contributed by atoms with Gasteiger partial charge in [0, 0.05) is 12.0 Å². The summed E-state index contributed by atoms with van der Waals surface area (Å²) in [6, 6.07) is -0.843. The van der Waals surface area contributed by atoms with E-state index in [0.29, 0.717) is 0 Å². The topological polar surface area (TPSA) is 46.3 Å². The molecule has 3 nitrogen and oxygen atoms in total. The summed E-state index contributed by atoms with van der Waals surface area (Å²) >= 11 is 0. The van der Waals surface area contributed by atoms with Gasteiger partial charge in [-0.1, -0.05) is 0 Å². The van der Waals surface area contributed by atoms with Crippen molar-refractivity contribution >= 4 is 5.91 Å². The van der Waals surface area contributed by atoms with Crippen LogP contribution in [0.15, 0.2) is 0 Å². The zero-order chi connectivity index (χ0) is 11.1. The highest BCUT2D eigenvalue weighted by Gasteiger charge is 2.50. The lowest BCUT2D eigenvalue weighted by atomic mass is 10.0. The molecule has 0 radical (unpaired) electrons. The Labute approximate surface area is 82.2 Å². The molecule has 1 aliphatic heterocycles. The van der Waals surface area contributed by atoms with E-state index >= 15 is 0 Å². The largest absolute Gasteiger partial charge is 0.368 e. The summed E-state index contributed by atoms with van der Waals surface area (Å²) in [4.78, 5) is 12.5. The molecule has 5 heteroatoms. The second kappa shape index (κ2) is 3.15. The maximum absolute atomic E-state index is 13.1. The molecule has 0 aromatic heterocycles. The van der Waals surface area contributed by atoms with E-state index < -0.39 is 29.8 Å². The van der Waals surface area contributed by atoms with E-state index in [1.165, 1.54) is 4.90 Å². The van der Waals surface area contributed by atoms with Gasteiger partial charge in [0.1, 0.15) is 0 Å². The first-order valence-corrected chi connectivity index (χ1v) is 4.57. The third-order valence-electron chi connectivity index (χ3n) is 2.46. The predicted octanol–water partition coefficient (Wildman–Crippen LogP) is 0.980. The minimum atomic E-state index is -2.80. The van der Waals surface area contributed by atoms with Gasteiger partial charge in [-0.25, -0.2) is 8.78 Å². The monoisotopic (exact) mass is 206 g/mol. The first-order chi connectivity index (χ1) is 6.13. The quantitative estimate of drug-likeness (QED) is 0.695. The molecule has 0 aromatic carbocycles. The second-order valence-electron chi connectivity index (χ2n) is 4.78. The van der Waals surface area contributed by atoms with Gasteiger partial charge in [-0.2, -0.15) is 0 Å². The fraction of sp³-hybridized carbons (Fsp3) is 0.889. The number of amides is 1. The fourth-order valence-corrected chi connectivity index (χ4v) is 1.78. The number of hydrogen-bond acceptors (Lipinski definition) is 2. The van der Waals surface area contributed by atoms with Gasteiger partial charge >= 0.3 is 0 Å². The fourth-order valence-electron chi connectivity index (χ4n) is 1.78. The van der Waals surface area contributed by atoms with Crippen molar-refractivity contribution < 1.29 is 13.6 Å². The Hall–Kier alpha value is -0.710. The molecule has 1 heterocycles. The molecule has 14 heavy (non-hydrogen) atoms. The average molecular weight is 206 g/mol. The Morgan fingerprint density at radius 2 is 2.00 bits per heavy atom. The summed E-state index contributed by atoms with van der Waals surface area (Å²) in [5, 5.41) is 0. The number of carbonyl (C=O) groups excluding carboxylic acids is 1. The molecular formula is C9H16F2N2O. The van der Waals surface area contributed by atoms with E-state index in [-0.39, 0.29) is 6.54 Å². The third kappa shape index (κ3) is 2.20. The van der Waals surface area contributed by atoms with Gasteiger partial charge in [0.2, 0.25) is 5.91 Å². The number of likely N-dealkylation sites (tertiary alicyclic amines) is 1. The van der Waals surface area contributed by atoms with Crippen LogP contribution in [0.1, 0.15) is 27.2 Å². The summed E-state index contributed by atoms with van der Waals surface area (Å²) in [6.07, 6.45) is -0.459. The van der Waals surface area contributed by atoms with Crippen LogP contribution in [0.2, 0.25) is 0 Å². The van der Waals surface area contributed by atoms with Gasteiger partial charge in [-0.05, 0) is 20.8 Å². The van der Waals surface area contributed by atoms with E-state index in [1.807, 2.05) is 0 Å². The Balaban J connectivity index is 2.89. The highest BCUT2D eigenvalue weighted by molar-refractivity contribution is 5.80. The lowest BCUT2D eigenvalue weighted by Crippen LogP contribution is -2.50. The smallest absolute Gasteiger partial charge is 0.262 e. The second-order valence-corrected chi connectivity index (χ2v) is 4.78. The van der Waals surface area contributed by atoms with Crippen LogP contribution in [0.25, 0.3) is 0 Å². The van der Waals surface area contributed by atoms with Gasteiger partial charge in [-0.15, -0.1) is 0 Å². The van der Waals surface area contributed by atoms with Crippen LogP contribution in [0.3, 0.4) is 0 Å². The molecule has 0 aromatic rings. The SMILES string of the molecule is CC(C)(C)N1CC(F)(F)C[C@@H]1C(N)=O. The molecule has 2 N–H and O–H groups in total. The van der Waals surface area contributed by atoms with Crippen LogP contribution in [-0.4, -0.2) is 34.9 Å². The van der Waals surface area contributed by atoms with Crippen molar-refractivity contribution in [2.45, 2.75) is 44.7 Å². The molecule has 1 atom stereocenters. The number of nitrogens with two attached hydrogens (primary N) is 1. The summed E-state index contributed by atoms with van der Waals surface area (Å²) in [5.74, 6) is -3.47. The maximum atomic E-state index is 13.1. The summed E-state index contributed by atoms with van der Waals surface area (Å²) in [6.45, 7) is 5.00. The molecule has 82 valence electrons. The highest BCUT2D eigenvalue weighted by Crippen LogP contribution is 2.36. The molecule has 1 rings (SSSR count). The molecular weight excluding hydrogens is 190 g/mol. The molecule has 0 aliphatic carbocycles. The molecule has 0 saturated carbocycles. The molecule has 1 aliphatic rings. The lowest BCUT2D eigenvalue weighted by molar-refractivity contribution is -0.123. The molecule has 1 saturated heterocycles. The molecule has 0 unspecified atom stereocenters. The van der Waals surface area contributed by atoms with Crippen molar-refractivity contribution in [3.63, 3.8) is 0 Å². The lowest BCUT2D eigenvalue weighted by Gasteiger charge is -2.34. The van der Waals surface area contributed by atoms with E-state index in [9.17, 15) is 13.6 Å². The van der Waals surface area contributed by atoms with E-state index in [4.69, 9.17) is 5.73 Å². The first-order valence-electron chi connectivity index (χ1n) is 4.57. The Morgan fingerprint density at radius 1 is 1.50 bits per heavy atom. The van der Waals surface area contributed by atoms with Crippen molar-refractivity contribution in [2.75, 3.05) is 6.54 Å². The van der Waals surface area contributed by atoms with Crippen LogP contribution in [0.4, 0.5) is 8.78 Å². The molecule has 0 spiro atoms. The van der Waals surface area contributed by atoms with E-state index in [0.717, 1.165) is 0 Å². The van der Waals surface area contributed by atoms with Gasteiger partial charge in [0.25, 0.3) is 5.92 Å². The first kappa shape index (κ1) is 11.4. The van der Waals surface area contributed by atoms with Crippen LogP contribution in [-0.2, 0) is 4.79 Å². The number of carbonyl (C=O) groups is 1. The van der Waals surface area contributed by atoms with Crippen LogP contribution in [0.5, 0.6) is 0 Å². The van der Waals surface area contributed by atoms with Crippen molar-refractivity contribution in [3.05, 3.63) is 0 Å².